The molecule has 3 heterocycles. The third-order valence-corrected chi connectivity index (χ3v) is 6.98. The molecule has 1 unspecified atom stereocenters. The number of aliphatic hydroxyl groups excluding tert-OH is 1. The van der Waals surface area contributed by atoms with E-state index in [-0.39, 0.29) is 27.9 Å². The number of Topliss-reactive ketones (excluding diaryl/α,β-unsaturated/α-hetero) is 1. The lowest BCUT2D eigenvalue weighted by Gasteiger charge is -2.23. The highest BCUT2D eigenvalue weighted by molar-refractivity contribution is 7.17. The number of amides is 1. The van der Waals surface area contributed by atoms with Gasteiger partial charge in [-0.15, -0.1) is 0 Å². The van der Waals surface area contributed by atoms with Gasteiger partial charge >= 0.3 is 11.9 Å². The number of carbonyl (C=O) groups is 3. The highest BCUT2D eigenvalue weighted by atomic mass is 32.1. The molecule has 1 atom stereocenters. The summed E-state index contributed by atoms with van der Waals surface area (Å²) in [6, 6.07) is 9.11. The number of hydrogen-bond acceptors (Lipinski definition) is 9. The normalized spacial score (nSPS) is 16.5. The lowest BCUT2D eigenvalue weighted by molar-refractivity contribution is -0.132. The number of ether oxygens (including phenoxy) is 2. The molecular formula is C28H27N3O6S. The van der Waals surface area contributed by atoms with Crippen molar-refractivity contribution in [2.75, 3.05) is 18.1 Å². The molecule has 9 nitrogen and oxygen atoms in total. The summed E-state index contributed by atoms with van der Waals surface area (Å²) < 4.78 is 11.0. The van der Waals surface area contributed by atoms with Crippen LogP contribution in [-0.2, 0) is 14.3 Å². The molecule has 0 radical (unpaired) electrons. The quantitative estimate of drug-likeness (QED) is 0.0966. The van der Waals surface area contributed by atoms with Gasteiger partial charge in [-0.05, 0) is 43.2 Å². The summed E-state index contributed by atoms with van der Waals surface area (Å²) in [5.41, 5.74) is 1.13. The third kappa shape index (κ3) is 5.35. The fourth-order valence-electron chi connectivity index (χ4n) is 3.99. The van der Waals surface area contributed by atoms with Crippen molar-refractivity contribution in [2.24, 2.45) is 0 Å². The number of esters is 1. The topological polar surface area (TPSA) is 119 Å². The average molecular weight is 534 g/mol. The van der Waals surface area contributed by atoms with Crippen LogP contribution in [0.4, 0.5) is 5.13 Å². The summed E-state index contributed by atoms with van der Waals surface area (Å²) in [7, 11) is 0. The van der Waals surface area contributed by atoms with Gasteiger partial charge in [-0.25, -0.2) is 9.78 Å². The summed E-state index contributed by atoms with van der Waals surface area (Å²) in [6.45, 7) is 7.75. The Morgan fingerprint density at radius 1 is 1.24 bits per heavy atom. The number of benzene rings is 1. The SMILES string of the molecule is C=CCOC(=O)c1sc(N2C(=O)C(=O)/C(=C(/O)c3ccncc3)C2c2cccc(OCCCC)c2)nc1C. The Morgan fingerprint density at radius 3 is 2.71 bits per heavy atom. The van der Waals surface area contributed by atoms with Crippen molar-refractivity contribution in [3.8, 4) is 5.75 Å². The Hall–Kier alpha value is -4.31. The van der Waals surface area contributed by atoms with E-state index in [2.05, 4.69) is 23.5 Å². The third-order valence-electron chi connectivity index (χ3n) is 5.85. The molecule has 4 rings (SSSR count). The van der Waals surface area contributed by atoms with Crippen LogP contribution < -0.4 is 9.64 Å². The molecule has 38 heavy (non-hydrogen) atoms. The molecule has 3 aromatic rings. The maximum atomic E-state index is 13.4. The predicted molar refractivity (Wildman–Crippen MR) is 143 cm³/mol. The number of carbonyl (C=O) groups excluding carboxylic acids is 3. The molecule has 1 aliphatic rings. The van der Waals surface area contributed by atoms with Gasteiger partial charge in [0, 0.05) is 18.0 Å². The molecule has 1 amide bonds. The van der Waals surface area contributed by atoms with Crippen molar-refractivity contribution in [1.29, 1.82) is 0 Å². The molecule has 0 saturated carbocycles. The van der Waals surface area contributed by atoms with E-state index in [9.17, 15) is 19.5 Å². The van der Waals surface area contributed by atoms with Crippen LogP contribution in [0, 0.1) is 6.92 Å². The van der Waals surface area contributed by atoms with E-state index in [1.807, 2.05) is 0 Å². The van der Waals surface area contributed by atoms with Crippen molar-refractivity contribution < 1.29 is 29.0 Å². The van der Waals surface area contributed by atoms with E-state index >= 15 is 0 Å². The largest absolute Gasteiger partial charge is 0.507 e. The van der Waals surface area contributed by atoms with Gasteiger partial charge in [-0.2, -0.15) is 0 Å². The molecule has 1 fully saturated rings. The van der Waals surface area contributed by atoms with Crippen LogP contribution >= 0.6 is 11.3 Å². The lowest BCUT2D eigenvalue weighted by Crippen LogP contribution is -2.29. The number of aliphatic hydroxyl groups is 1. The van der Waals surface area contributed by atoms with Crippen LogP contribution in [0.25, 0.3) is 5.76 Å². The molecule has 1 saturated heterocycles. The van der Waals surface area contributed by atoms with Crippen LogP contribution in [-0.4, -0.2) is 45.9 Å². The van der Waals surface area contributed by atoms with Gasteiger partial charge in [0.2, 0.25) is 0 Å². The van der Waals surface area contributed by atoms with Crippen molar-refractivity contribution >= 4 is 39.9 Å². The lowest BCUT2D eigenvalue weighted by atomic mass is 9.95. The number of aryl methyl sites for hydroxylation is 1. The second-order valence-electron chi connectivity index (χ2n) is 8.48. The number of nitrogens with zero attached hydrogens (tertiary/aromatic N) is 3. The number of pyridine rings is 1. The maximum absolute atomic E-state index is 13.4. The van der Waals surface area contributed by atoms with Crippen LogP contribution in [0.3, 0.4) is 0 Å². The van der Waals surface area contributed by atoms with E-state index < -0.39 is 23.7 Å². The first-order valence-electron chi connectivity index (χ1n) is 12.1. The first kappa shape index (κ1) is 26.7. The van der Waals surface area contributed by atoms with Gasteiger partial charge < -0.3 is 14.6 Å². The zero-order valence-corrected chi connectivity index (χ0v) is 21.9. The van der Waals surface area contributed by atoms with E-state index in [1.165, 1.54) is 23.4 Å². The molecule has 1 aliphatic heterocycles. The van der Waals surface area contributed by atoms with Crippen molar-refractivity contribution in [3.63, 3.8) is 0 Å². The fraction of sp³-hybridized carbons (Fsp3) is 0.250. The number of aromatic nitrogens is 2. The number of ketones is 1. The van der Waals surface area contributed by atoms with Gasteiger partial charge in [0.25, 0.3) is 5.78 Å². The standard InChI is InChI=1S/C28H27N3O6S/c1-4-6-15-36-20-9-7-8-19(16-20)22-21(23(32)18-10-12-29-13-11-18)24(33)26(34)31(22)28-30-17(3)25(38-28)27(35)37-14-5-2/h5,7-13,16,22,32H,2,4,6,14-15H2,1,3H3/b23-21+. The van der Waals surface area contributed by atoms with Gasteiger partial charge in [0.1, 0.15) is 23.0 Å². The summed E-state index contributed by atoms with van der Waals surface area (Å²) in [6.07, 6.45) is 6.24. The number of hydrogen-bond donors (Lipinski definition) is 1. The summed E-state index contributed by atoms with van der Waals surface area (Å²) in [5.74, 6) is -2.13. The van der Waals surface area contributed by atoms with Crippen molar-refractivity contribution in [2.45, 2.75) is 32.7 Å². The molecular weight excluding hydrogens is 506 g/mol. The Morgan fingerprint density at radius 2 is 2.00 bits per heavy atom. The molecule has 1 aromatic carbocycles. The zero-order valence-electron chi connectivity index (χ0n) is 21.0. The minimum atomic E-state index is -1.01. The molecule has 10 heteroatoms. The first-order valence-corrected chi connectivity index (χ1v) is 12.9. The Balaban J connectivity index is 1.85. The average Bonchev–Trinajstić information content (AvgIpc) is 3.44. The van der Waals surface area contributed by atoms with E-state index in [4.69, 9.17) is 9.47 Å². The number of thiazole rings is 1. The van der Waals surface area contributed by atoms with Crippen LogP contribution in [0.2, 0.25) is 0 Å². The molecule has 196 valence electrons. The highest BCUT2D eigenvalue weighted by Crippen LogP contribution is 2.44. The minimum Gasteiger partial charge on any atom is -0.507 e. The number of rotatable bonds is 10. The van der Waals surface area contributed by atoms with Crippen molar-refractivity contribution in [3.05, 3.63) is 88.7 Å². The monoisotopic (exact) mass is 533 g/mol. The van der Waals surface area contributed by atoms with Gasteiger partial charge in [-0.1, -0.05) is 49.5 Å². The fourth-order valence-corrected chi connectivity index (χ4v) is 4.98. The highest BCUT2D eigenvalue weighted by Gasteiger charge is 2.48. The summed E-state index contributed by atoms with van der Waals surface area (Å²) in [5, 5.41) is 11.3. The van der Waals surface area contributed by atoms with E-state index in [1.54, 1.807) is 43.3 Å². The maximum Gasteiger partial charge on any atom is 0.350 e. The first-order chi connectivity index (χ1) is 18.4. The van der Waals surface area contributed by atoms with Crippen molar-refractivity contribution in [1.82, 2.24) is 9.97 Å². The second kappa shape index (κ2) is 11.8. The Kier molecular flexibility index (Phi) is 8.32. The molecule has 0 aliphatic carbocycles. The second-order valence-corrected chi connectivity index (χ2v) is 9.46. The predicted octanol–water partition coefficient (Wildman–Crippen LogP) is 4.99. The van der Waals surface area contributed by atoms with Crippen LogP contribution in [0.1, 0.15) is 52.3 Å². The summed E-state index contributed by atoms with van der Waals surface area (Å²) >= 11 is 0.938. The smallest absolute Gasteiger partial charge is 0.350 e. The van der Waals surface area contributed by atoms with E-state index in [0.29, 0.717) is 29.2 Å². The van der Waals surface area contributed by atoms with Gasteiger partial charge in [0.15, 0.2) is 5.13 Å². The van der Waals surface area contributed by atoms with Gasteiger partial charge in [0.05, 0.1) is 23.9 Å². The number of unbranched alkanes of at least 4 members (excludes halogenated alkanes) is 1. The summed E-state index contributed by atoms with van der Waals surface area (Å²) in [4.78, 5) is 49.1. The zero-order chi connectivity index (χ0) is 27.2. The Bertz CT molecular complexity index is 1400. The van der Waals surface area contributed by atoms with E-state index in [0.717, 1.165) is 24.2 Å². The Labute approximate surface area is 224 Å². The van der Waals surface area contributed by atoms with Crippen LogP contribution in [0.15, 0.2) is 67.0 Å². The van der Waals surface area contributed by atoms with Crippen LogP contribution in [0.5, 0.6) is 5.75 Å². The minimum absolute atomic E-state index is 0.0206. The van der Waals surface area contributed by atoms with Gasteiger partial charge in [-0.3, -0.25) is 19.5 Å². The number of anilines is 1. The molecule has 0 bridgehead atoms. The molecule has 2 aromatic heterocycles. The molecule has 1 N–H and O–H groups in total. The molecule has 0 spiro atoms.